The highest BCUT2D eigenvalue weighted by atomic mass is 16.2. The number of nitrogens with two attached hydrogens (primary N) is 2. The maximum Gasteiger partial charge on any atom is 0.251 e. The molecule has 8 bridgehead atoms. The monoisotopic (exact) mass is 762 g/mol. The lowest BCUT2D eigenvalue weighted by atomic mass is 10.1. The van der Waals surface area contributed by atoms with E-state index in [4.69, 9.17) is 41.4 Å². The fourth-order valence-corrected chi connectivity index (χ4v) is 6.72. The van der Waals surface area contributed by atoms with Crippen LogP contribution >= 0.6 is 0 Å². The summed E-state index contributed by atoms with van der Waals surface area (Å²) in [4.78, 5) is 61.1. The smallest absolute Gasteiger partial charge is 0.251 e. The quantitative estimate of drug-likeness (QED) is 0.166. The van der Waals surface area contributed by atoms with Gasteiger partial charge in [-0.05, 0) is 86.8 Å². The molecule has 290 valence electrons. The molecule has 0 aliphatic carbocycles. The van der Waals surface area contributed by atoms with Crippen molar-refractivity contribution >= 4 is 11.8 Å². The van der Waals surface area contributed by atoms with Crippen molar-refractivity contribution in [2.75, 3.05) is 33.2 Å². The normalized spacial score (nSPS) is 13.3. The fourth-order valence-electron chi connectivity index (χ4n) is 6.72. The third-order valence-corrected chi connectivity index (χ3v) is 9.26. The van der Waals surface area contributed by atoms with E-state index < -0.39 is 0 Å². The second kappa shape index (κ2) is 18.1. The number of fused-ring (bicyclic) bond motifs is 10. The van der Waals surface area contributed by atoms with E-state index in [0.717, 1.165) is 45.6 Å². The molecule has 0 saturated carbocycles. The number of nitrogens with one attached hydrogen (secondary N) is 2. The molecule has 0 unspecified atom stereocenters. The Hall–Kier alpha value is -6.32. The molecule has 0 saturated heterocycles. The maximum atomic E-state index is 13.6. The van der Waals surface area contributed by atoms with Crippen LogP contribution in [0.25, 0.3) is 34.2 Å². The summed E-state index contributed by atoms with van der Waals surface area (Å²) in [5.41, 5.74) is 20.9. The zero-order valence-electron chi connectivity index (χ0n) is 32.2. The van der Waals surface area contributed by atoms with Crippen molar-refractivity contribution in [3.63, 3.8) is 0 Å². The zero-order chi connectivity index (χ0) is 39.7. The molecule has 6 aromatic heterocycles. The van der Waals surface area contributed by atoms with Crippen LogP contribution in [0.4, 0.5) is 0 Å². The van der Waals surface area contributed by atoms with E-state index in [1.807, 2.05) is 86.8 Å². The van der Waals surface area contributed by atoms with Crippen molar-refractivity contribution in [3.8, 4) is 34.2 Å². The molecular formula is C43H46N12O2. The molecule has 6 N–H and O–H groups in total. The molecule has 0 atom stereocenters. The summed E-state index contributed by atoms with van der Waals surface area (Å²) in [6.07, 6.45) is 0. The number of nitrogens with zero attached hydrogens (tertiary/aromatic N) is 8. The third kappa shape index (κ3) is 10.1. The van der Waals surface area contributed by atoms with Crippen molar-refractivity contribution in [2.24, 2.45) is 11.5 Å². The summed E-state index contributed by atoms with van der Waals surface area (Å²) in [5, 5.41) is 5.77. The summed E-state index contributed by atoms with van der Waals surface area (Å²) in [6, 6.07) is 30.7. The molecule has 57 heavy (non-hydrogen) atoms. The topological polar surface area (TPSA) is 194 Å². The van der Waals surface area contributed by atoms with Crippen molar-refractivity contribution in [3.05, 3.63) is 142 Å². The molecule has 0 spiro atoms. The van der Waals surface area contributed by atoms with Crippen LogP contribution in [0.2, 0.25) is 0 Å². The number of hydrogen-bond donors (Lipinski definition) is 4. The van der Waals surface area contributed by atoms with Crippen LogP contribution in [0.3, 0.4) is 0 Å². The van der Waals surface area contributed by atoms with Gasteiger partial charge in [0.2, 0.25) is 0 Å². The lowest BCUT2D eigenvalue weighted by molar-refractivity contribution is 0.0946. The lowest BCUT2D eigenvalue weighted by Gasteiger charge is -2.23. The van der Waals surface area contributed by atoms with Crippen LogP contribution in [0.1, 0.15) is 54.9 Å². The van der Waals surface area contributed by atoms with Gasteiger partial charge < -0.3 is 22.1 Å². The van der Waals surface area contributed by atoms with Crippen molar-refractivity contribution < 1.29 is 9.59 Å². The Morgan fingerprint density at radius 1 is 0.561 bits per heavy atom. The average Bonchev–Trinajstić information content (AvgIpc) is 3.21. The lowest BCUT2D eigenvalue weighted by Crippen LogP contribution is -2.30. The van der Waals surface area contributed by atoms with Gasteiger partial charge in [0, 0.05) is 75.7 Å². The molecule has 7 rings (SSSR count). The first-order valence-electron chi connectivity index (χ1n) is 18.9. The van der Waals surface area contributed by atoms with Gasteiger partial charge in [-0.15, -0.1) is 0 Å². The number of aryl methyl sites for hydroxylation is 1. The predicted octanol–water partition coefficient (Wildman–Crippen LogP) is 3.89. The Morgan fingerprint density at radius 3 is 1.60 bits per heavy atom. The molecule has 14 heteroatoms. The van der Waals surface area contributed by atoms with Crippen LogP contribution in [-0.4, -0.2) is 84.7 Å². The van der Waals surface area contributed by atoms with Gasteiger partial charge in [0.25, 0.3) is 11.8 Å². The Morgan fingerprint density at radius 2 is 1.02 bits per heavy atom. The van der Waals surface area contributed by atoms with Crippen LogP contribution in [0.5, 0.6) is 0 Å². The fraction of sp³-hybridized carbons (Fsp3) is 0.256. The van der Waals surface area contributed by atoms with E-state index >= 15 is 0 Å². The molecular weight excluding hydrogens is 717 g/mol. The summed E-state index contributed by atoms with van der Waals surface area (Å²) in [5.74, 6) is -0.573. The maximum absolute atomic E-state index is 13.6. The van der Waals surface area contributed by atoms with Gasteiger partial charge in [0.15, 0.2) is 0 Å². The van der Waals surface area contributed by atoms with Crippen LogP contribution in [0.15, 0.2) is 97.1 Å². The number of carbonyl (C=O) groups is 2. The Balaban J connectivity index is 1.36. The third-order valence-electron chi connectivity index (χ3n) is 9.26. The minimum absolute atomic E-state index is 0.281. The Kier molecular flexibility index (Phi) is 12.4. The first-order valence-corrected chi connectivity index (χ1v) is 18.9. The van der Waals surface area contributed by atoms with E-state index in [0.29, 0.717) is 86.3 Å². The highest BCUT2D eigenvalue weighted by Gasteiger charge is 2.20. The SMILES string of the molecule is Cc1cccc(-c2cccc(CN3Cc4cccc(n4)-c4cccc(n4)CN(C)Cc4cc(C(=O)NCCN)cc(n4)-c4cc(C(=O)NCCN)cc(n4)C3)n2)n1. The number of pyridine rings is 6. The van der Waals surface area contributed by atoms with Crippen LogP contribution in [-0.2, 0) is 32.7 Å². The van der Waals surface area contributed by atoms with E-state index in [9.17, 15) is 9.59 Å². The summed E-state index contributed by atoms with van der Waals surface area (Å²) < 4.78 is 0. The standard InChI is InChI=1S/C43H46N12O2/c1-28-7-3-11-36(48-28)37-12-5-9-32(50-37)25-55-26-33-10-6-14-39(51-33)38-13-4-8-31(49-38)23-54(2)24-34-19-29(42(56)46-17-15-44)21-40(52-34)41-22-30(20-35(27-55)53-41)43(57)47-18-16-45/h3-14,19-22H,15-18,23-27,44-45H2,1-2H3,(H,46,56)(H,47,57). The van der Waals surface area contributed by atoms with Crippen LogP contribution in [0, 0.1) is 6.92 Å². The van der Waals surface area contributed by atoms with Crippen molar-refractivity contribution in [1.82, 2.24) is 50.3 Å². The van der Waals surface area contributed by atoms with Gasteiger partial charge in [0.1, 0.15) is 0 Å². The van der Waals surface area contributed by atoms with E-state index in [2.05, 4.69) is 20.4 Å². The zero-order valence-corrected chi connectivity index (χ0v) is 32.2. The second-order valence-corrected chi connectivity index (χ2v) is 14.1. The molecule has 1 aliphatic rings. The minimum atomic E-state index is -0.293. The van der Waals surface area contributed by atoms with E-state index in [1.165, 1.54) is 0 Å². The molecule has 0 radical (unpaired) electrons. The Labute approximate surface area is 331 Å². The number of aromatic nitrogens is 6. The summed E-state index contributed by atoms with van der Waals surface area (Å²) >= 11 is 0. The van der Waals surface area contributed by atoms with Gasteiger partial charge in [-0.1, -0.05) is 24.3 Å². The van der Waals surface area contributed by atoms with Crippen LogP contribution < -0.4 is 22.1 Å². The molecule has 6 aromatic rings. The Bertz CT molecular complexity index is 2390. The molecule has 2 amide bonds. The van der Waals surface area contributed by atoms with Gasteiger partial charge in [-0.25, -0.2) is 24.9 Å². The van der Waals surface area contributed by atoms with E-state index in [1.54, 1.807) is 24.3 Å². The van der Waals surface area contributed by atoms with Crippen molar-refractivity contribution in [2.45, 2.75) is 39.6 Å². The number of hydrogen-bond acceptors (Lipinski definition) is 12. The largest absolute Gasteiger partial charge is 0.351 e. The first-order chi connectivity index (χ1) is 27.7. The van der Waals surface area contributed by atoms with Gasteiger partial charge in [-0.3, -0.25) is 24.4 Å². The van der Waals surface area contributed by atoms with Gasteiger partial charge >= 0.3 is 0 Å². The highest BCUT2D eigenvalue weighted by Crippen LogP contribution is 2.25. The molecule has 1 aliphatic heterocycles. The second-order valence-electron chi connectivity index (χ2n) is 14.1. The molecule has 0 aromatic carbocycles. The van der Waals surface area contributed by atoms with Gasteiger partial charge in [0.05, 0.1) is 62.6 Å². The highest BCUT2D eigenvalue weighted by molar-refractivity contribution is 5.96. The first kappa shape index (κ1) is 38.9. The number of carbonyl (C=O) groups excluding carboxylic acids is 2. The number of amides is 2. The minimum Gasteiger partial charge on any atom is -0.351 e. The molecule has 7 heterocycles. The van der Waals surface area contributed by atoms with Crippen molar-refractivity contribution in [1.29, 1.82) is 0 Å². The van der Waals surface area contributed by atoms with E-state index in [-0.39, 0.29) is 18.4 Å². The molecule has 0 fully saturated rings. The predicted molar refractivity (Wildman–Crippen MR) is 218 cm³/mol. The number of rotatable bonds is 9. The molecule has 14 nitrogen and oxygen atoms in total. The summed E-state index contributed by atoms with van der Waals surface area (Å²) in [6.45, 7) is 5.30. The summed E-state index contributed by atoms with van der Waals surface area (Å²) in [7, 11) is 1.98. The average molecular weight is 763 g/mol. The van der Waals surface area contributed by atoms with Gasteiger partial charge in [-0.2, -0.15) is 0 Å².